The molecule has 1 heterocycles. The molecule has 1 unspecified atom stereocenters. The third-order valence-electron chi connectivity index (χ3n) is 4.47. The van der Waals surface area contributed by atoms with Crippen molar-refractivity contribution in [2.24, 2.45) is 11.0 Å². The van der Waals surface area contributed by atoms with E-state index in [-0.39, 0.29) is 22.6 Å². The van der Waals surface area contributed by atoms with Crippen molar-refractivity contribution in [3.63, 3.8) is 0 Å². The molecule has 2 amide bonds. The van der Waals surface area contributed by atoms with Crippen LogP contribution >= 0.6 is 0 Å². The van der Waals surface area contributed by atoms with Crippen LogP contribution in [0.5, 0.6) is 0 Å². The Hall–Kier alpha value is -3.30. The van der Waals surface area contributed by atoms with Gasteiger partial charge in [-0.05, 0) is 43.3 Å². The average Bonchev–Trinajstić information content (AvgIpc) is 2.95. The van der Waals surface area contributed by atoms with Gasteiger partial charge in [0.1, 0.15) is 0 Å². The van der Waals surface area contributed by atoms with Crippen LogP contribution in [0, 0.1) is 5.92 Å². The van der Waals surface area contributed by atoms with E-state index >= 15 is 0 Å². The number of benzene rings is 2. The second kappa shape index (κ2) is 7.51. The van der Waals surface area contributed by atoms with Gasteiger partial charge in [-0.25, -0.2) is 8.78 Å². The van der Waals surface area contributed by atoms with Crippen molar-refractivity contribution in [3.8, 4) is 0 Å². The van der Waals surface area contributed by atoms with Gasteiger partial charge in [-0.3, -0.25) is 9.59 Å². The number of carbonyl (C=O) groups is 2. The molecule has 1 aliphatic heterocycles. The first-order chi connectivity index (χ1) is 13.9. The van der Waals surface area contributed by atoms with Crippen molar-refractivity contribution < 1.29 is 31.5 Å². The second-order valence-corrected chi connectivity index (χ2v) is 6.83. The Bertz CT molecular complexity index is 1010. The summed E-state index contributed by atoms with van der Waals surface area (Å²) in [6.07, 6.45) is -4.53. The van der Waals surface area contributed by atoms with E-state index in [0.29, 0.717) is 6.92 Å². The molecule has 1 aliphatic rings. The van der Waals surface area contributed by atoms with Crippen LogP contribution in [-0.2, 0) is 21.7 Å². The normalized spacial score (nSPS) is 17.2. The van der Waals surface area contributed by atoms with Gasteiger partial charge in [-0.15, -0.1) is 0 Å². The summed E-state index contributed by atoms with van der Waals surface area (Å²) in [7, 11) is 0. The predicted octanol–water partition coefficient (Wildman–Crippen LogP) is 4.79. The molecule has 10 heteroatoms. The lowest BCUT2D eigenvalue weighted by Crippen LogP contribution is -2.36. The molecule has 0 saturated heterocycles. The largest absolute Gasteiger partial charge is 0.416 e. The van der Waals surface area contributed by atoms with Gasteiger partial charge in [-0.1, -0.05) is 12.1 Å². The van der Waals surface area contributed by atoms with Crippen LogP contribution in [0.15, 0.2) is 53.6 Å². The first kappa shape index (κ1) is 21.4. The number of halogens is 5. The van der Waals surface area contributed by atoms with E-state index in [1.54, 1.807) is 0 Å². The summed E-state index contributed by atoms with van der Waals surface area (Å²) in [6, 6.07) is 8.79. The minimum absolute atomic E-state index is 0.0651. The van der Waals surface area contributed by atoms with Crippen LogP contribution in [0.1, 0.15) is 25.0 Å². The van der Waals surface area contributed by atoms with Gasteiger partial charge in [0.05, 0.1) is 17.0 Å². The molecule has 158 valence electrons. The summed E-state index contributed by atoms with van der Waals surface area (Å²) < 4.78 is 65.1. The van der Waals surface area contributed by atoms with Crippen LogP contribution in [0.25, 0.3) is 0 Å². The number of carbonyl (C=O) groups excluding carboxylic acids is 2. The van der Waals surface area contributed by atoms with Gasteiger partial charge in [0.2, 0.25) is 5.91 Å². The van der Waals surface area contributed by atoms with Crippen molar-refractivity contribution in [2.45, 2.75) is 25.9 Å². The molecule has 0 radical (unpaired) electrons. The summed E-state index contributed by atoms with van der Waals surface area (Å²) in [4.78, 5) is 25.2. The van der Waals surface area contributed by atoms with Gasteiger partial charge < -0.3 is 5.32 Å². The van der Waals surface area contributed by atoms with Gasteiger partial charge >= 0.3 is 6.18 Å². The number of alkyl halides is 5. The fraction of sp³-hybridized carbons (Fsp3) is 0.250. The summed E-state index contributed by atoms with van der Waals surface area (Å²) in [6.45, 7) is 2.13. The highest BCUT2D eigenvalue weighted by molar-refractivity contribution is 6.28. The minimum Gasteiger partial charge on any atom is -0.325 e. The molecule has 1 atom stereocenters. The molecule has 2 aromatic carbocycles. The third kappa shape index (κ3) is 4.32. The first-order valence-electron chi connectivity index (χ1n) is 8.73. The maximum atomic E-state index is 13.5. The van der Waals surface area contributed by atoms with E-state index in [1.165, 1.54) is 25.1 Å². The third-order valence-corrected chi connectivity index (χ3v) is 4.47. The van der Waals surface area contributed by atoms with Crippen LogP contribution in [0.3, 0.4) is 0 Å². The monoisotopic (exact) mass is 425 g/mol. The topological polar surface area (TPSA) is 61.8 Å². The van der Waals surface area contributed by atoms with Crippen LogP contribution in [0.2, 0.25) is 0 Å². The minimum atomic E-state index is -4.53. The van der Waals surface area contributed by atoms with Crippen molar-refractivity contribution in [1.82, 2.24) is 0 Å². The first-order valence-corrected chi connectivity index (χ1v) is 8.73. The Kier molecular flexibility index (Phi) is 5.36. The molecule has 0 aliphatic carbocycles. The number of hydrazone groups is 1. The highest BCUT2D eigenvalue weighted by Crippen LogP contribution is 2.32. The summed E-state index contributed by atoms with van der Waals surface area (Å²) in [5.74, 6) is -5.99. The standard InChI is InChI=1S/C20H16F5N3O2/c1-11-16(17(29)26-14-5-3-4-13(10-14)19(2,21)22)18(30)28(27-11)15-8-6-12(7-9-15)20(23,24)25/h3-10,16H,1-2H3,(H,26,29). The van der Waals surface area contributed by atoms with Crippen molar-refractivity contribution in [3.05, 3.63) is 59.7 Å². The zero-order valence-corrected chi connectivity index (χ0v) is 15.8. The molecule has 3 rings (SSSR count). The van der Waals surface area contributed by atoms with Gasteiger partial charge in [-0.2, -0.15) is 23.3 Å². The van der Waals surface area contributed by atoms with Crippen molar-refractivity contribution in [2.75, 3.05) is 10.3 Å². The Labute approximate surface area is 168 Å². The molecule has 30 heavy (non-hydrogen) atoms. The summed E-state index contributed by atoms with van der Waals surface area (Å²) in [5, 5.41) is 7.22. The summed E-state index contributed by atoms with van der Waals surface area (Å²) in [5.41, 5.74) is -0.937. The van der Waals surface area contributed by atoms with E-state index in [2.05, 4.69) is 10.4 Å². The Morgan fingerprint density at radius 2 is 1.67 bits per heavy atom. The van der Waals surface area contributed by atoms with Gasteiger partial charge in [0.15, 0.2) is 5.92 Å². The fourth-order valence-electron chi connectivity index (χ4n) is 2.93. The van der Waals surface area contributed by atoms with E-state index < -0.39 is 35.4 Å². The van der Waals surface area contributed by atoms with Crippen molar-refractivity contribution in [1.29, 1.82) is 0 Å². The summed E-state index contributed by atoms with van der Waals surface area (Å²) >= 11 is 0. The zero-order chi connectivity index (χ0) is 22.3. The molecule has 0 fully saturated rings. The Morgan fingerprint density at radius 3 is 2.23 bits per heavy atom. The van der Waals surface area contributed by atoms with Gasteiger partial charge in [0.25, 0.3) is 11.8 Å². The number of rotatable bonds is 4. The van der Waals surface area contributed by atoms with E-state index in [0.717, 1.165) is 35.3 Å². The van der Waals surface area contributed by atoms with Crippen LogP contribution in [0.4, 0.5) is 33.3 Å². The van der Waals surface area contributed by atoms with Crippen LogP contribution in [-0.4, -0.2) is 17.5 Å². The lowest BCUT2D eigenvalue weighted by atomic mass is 10.0. The maximum absolute atomic E-state index is 13.5. The SMILES string of the molecule is CC1=NN(c2ccc(C(F)(F)F)cc2)C(=O)C1C(=O)Nc1cccc(C(C)(F)F)c1. The molecule has 2 aromatic rings. The van der Waals surface area contributed by atoms with Crippen LogP contribution < -0.4 is 10.3 Å². The lowest BCUT2D eigenvalue weighted by Gasteiger charge is -2.16. The maximum Gasteiger partial charge on any atom is 0.416 e. The number of anilines is 2. The number of hydrogen-bond donors (Lipinski definition) is 1. The lowest BCUT2D eigenvalue weighted by molar-refractivity contribution is -0.137. The number of amides is 2. The molecular formula is C20H16F5N3O2. The quantitative estimate of drug-likeness (QED) is 0.565. The zero-order valence-electron chi connectivity index (χ0n) is 15.8. The Morgan fingerprint density at radius 1 is 1.03 bits per heavy atom. The van der Waals surface area contributed by atoms with E-state index in [4.69, 9.17) is 0 Å². The molecule has 1 N–H and O–H groups in total. The smallest absolute Gasteiger partial charge is 0.325 e. The Balaban J connectivity index is 1.78. The van der Waals surface area contributed by atoms with E-state index in [9.17, 15) is 31.5 Å². The molecule has 5 nitrogen and oxygen atoms in total. The molecular weight excluding hydrogens is 409 g/mol. The highest BCUT2D eigenvalue weighted by atomic mass is 19.4. The number of hydrogen-bond acceptors (Lipinski definition) is 3. The molecule has 0 spiro atoms. The molecule has 0 saturated carbocycles. The number of nitrogens with zero attached hydrogens (tertiary/aromatic N) is 2. The van der Waals surface area contributed by atoms with E-state index in [1.807, 2.05) is 0 Å². The molecule has 0 aromatic heterocycles. The number of nitrogens with one attached hydrogen (secondary N) is 1. The van der Waals surface area contributed by atoms with Gasteiger partial charge in [0, 0.05) is 18.2 Å². The second-order valence-electron chi connectivity index (χ2n) is 6.83. The van der Waals surface area contributed by atoms with Crippen molar-refractivity contribution >= 4 is 28.9 Å². The highest BCUT2D eigenvalue weighted by Gasteiger charge is 2.40. The fourth-order valence-corrected chi connectivity index (χ4v) is 2.93. The predicted molar refractivity (Wildman–Crippen MR) is 100 cm³/mol. The molecule has 0 bridgehead atoms. The average molecular weight is 425 g/mol.